The lowest BCUT2D eigenvalue weighted by molar-refractivity contribution is -0.125. The summed E-state index contributed by atoms with van der Waals surface area (Å²) in [5.74, 6) is 1.83. The molecule has 3 aromatic rings. The normalized spacial score (nSPS) is 17.6. The average molecular weight is 370 g/mol. The smallest absolute Gasteiger partial charge is 0.231 e. The first-order valence-electron chi connectivity index (χ1n) is 8.89. The second-order valence-electron chi connectivity index (χ2n) is 6.74. The molecule has 0 saturated carbocycles. The third kappa shape index (κ3) is 3.19. The lowest BCUT2D eigenvalue weighted by Gasteiger charge is -2.33. The Kier molecular flexibility index (Phi) is 4.63. The van der Waals surface area contributed by atoms with Gasteiger partial charge in [0, 0.05) is 23.5 Å². The predicted molar refractivity (Wildman–Crippen MR) is 102 cm³/mol. The summed E-state index contributed by atoms with van der Waals surface area (Å²) in [6, 6.07) is 4.05. The van der Waals surface area contributed by atoms with Crippen molar-refractivity contribution in [2.24, 2.45) is 5.92 Å². The van der Waals surface area contributed by atoms with Crippen LogP contribution < -0.4 is 10.2 Å². The Hall–Kier alpha value is -2.41. The lowest BCUT2D eigenvalue weighted by atomic mass is 9.96. The van der Waals surface area contributed by atoms with Gasteiger partial charge >= 0.3 is 0 Å². The molecule has 1 atom stereocenters. The number of piperidine rings is 1. The van der Waals surface area contributed by atoms with E-state index in [1.54, 1.807) is 17.7 Å². The summed E-state index contributed by atoms with van der Waals surface area (Å²) in [5, 5.41) is 6.06. The average Bonchev–Trinajstić information content (AvgIpc) is 3.28. The van der Waals surface area contributed by atoms with Crippen molar-refractivity contribution in [1.29, 1.82) is 0 Å². The van der Waals surface area contributed by atoms with Crippen LogP contribution in [-0.4, -0.2) is 29.0 Å². The molecule has 1 fully saturated rings. The quantitative estimate of drug-likeness (QED) is 0.762. The van der Waals surface area contributed by atoms with E-state index >= 15 is 0 Å². The summed E-state index contributed by atoms with van der Waals surface area (Å²) in [6.45, 7) is 6.14. The molecule has 1 saturated heterocycles. The summed E-state index contributed by atoms with van der Waals surface area (Å²) >= 11 is 1.66. The number of hydrogen-bond acceptors (Lipinski definition) is 6. The molecule has 0 radical (unpaired) electrons. The van der Waals surface area contributed by atoms with Gasteiger partial charge in [0.2, 0.25) is 11.6 Å². The van der Waals surface area contributed by atoms with Crippen LogP contribution in [0.2, 0.25) is 0 Å². The Bertz CT molecular complexity index is 919. The highest BCUT2D eigenvalue weighted by molar-refractivity contribution is 7.09. The van der Waals surface area contributed by atoms with E-state index in [1.165, 1.54) is 4.88 Å². The van der Waals surface area contributed by atoms with Gasteiger partial charge in [-0.1, -0.05) is 6.07 Å². The molecule has 3 aromatic heterocycles. The molecule has 26 heavy (non-hydrogen) atoms. The molecule has 0 bridgehead atoms. The van der Waals surface area contributed by atoms with Crippen LogP contribution in [0.25, 0.3) is 11.1 Å². The molecular formula is C19H22N4O2S. The van der Waals surface area contributed by atoms with E-state index in [1.807, 2.05) is 31.4 Å². The second kappa shape index (κ2) is 7.07. The molecule has 0 aliphatic carbocycles. The minimum atomic E-state index is -0.0259. The van der Waals surface area contributed by atoms with Crippen LogP contribution in [0.3, 0.4) is 0 Å². The SMILES string of the molecule is Cc1oc2ncnc(N3CCCC(C(=O)NCc4cccs4)C3)c2c1C. The number of anilines is 1. The van der Waals surface area contributed by atoms with Crippen molar-refractivity contribution in [2.45, 2.75) is 33.2 Å². The van der Waals surface area contributed by atoms with Crippen LogP contribution in [0, 0.1) is 19.8 Å². The van der Waals surface area contributed by atoms with Crippen LogP contribution in [0.5, 0.6) is 0 Å². The van der Waals surface area contributed by atoms with Crippen molar-refractivity contribution in [2.75, 3.05) is 18.0 Å². The van der Waals surface area contributed by atoms with Gasteiger partial charge in [0.25, 0.3) is 0 Å². The Balaban J connectivity index is 1.51. The maximum absolute atomic E-state index is 12.6. The molecule has 136 valence electrons. The lowest BCUT2D eigenvalue weighted by Crippen LogP contribution is -2.43. The van der Waals surface area contributed by atoms with Gasteiger partial charge in [0.05, 0.1) is 17.8 Å². The second-order valence-corrected chi connectivity index (χ2v) is 7.78. The zero-order valence-corrected chi connectivity index (χ0v) is 15.8. The van der Waals surface area contributed by atoms with Crippen molar-refractivity contribution in [1.82, 2.24) is 15.3 Å². The van der Waals surface area contributed by atoms with E-state index < -0.39 is 0 Å². The Labute approximate surface area is 156 Å². The van der Waals surface area contributed by atoms with Crippen molar-refractivity contribution in [3.8, 4) is 0 Å². The molecular weight excluding hydrogens is 348 g/mol. The summed E-state index contributed by atoms with van der Waals surface area (Å²) in [4.78, 5) is 24.8. The Morgan fingerprint density at radius 1 is 1.42 bits per heavy atom. The van der Waals surface area contributed by atoms with E-state index in [0.717, 1.165) is 41.9 Å². The van der Waals surface area contributed by atoms with Crippen LogP contribution in [0.1, 0.15) is 29.0 Å². The number of nitrogens with zero attached hydrogens (tertiary/aromatic N) is 3. The van der Waals surface area contributed by atoms with Crippen LogP contribution in [-0.2, 0) is 11.3 Å². The van der Waals surface area contributed by atoms with Crippen molar-refractivity contribution < 1.29 is 9.21 Å². The van der Waals surface area contributed by atoms with Gasteiger partial charge in [-0.05, 0) is 38.1 Å². The highest BCUT2D eigenvalue weighted by Gasteiger charge is 2.28. The zero-order valence-electron chi connectivity index (χ0n) is 15.0. The Morgan fingerprint density at radius 3 is 3.12 bits per heavy atom. The minimum Gasteiger partial charge on any atom is -0.443 e. The predicted octanol–water partition coefficient (Wildman–Crippen LogP) is 3.43. The standard InChI is InChI=1S/C19H22N4O2S/c1-12-13(2)25-19-16(12)17(21-11-22-19)23-7-3-5-14(10-23)18(24)20-9-15-6-4-8-26-15/h4,6,8,11,14H,3,5,7,9-10H2,1-2H3,(H,20,24). The Morgan fingerprint density at radius 2 is 2.31 bits per heavy atom. The molecule has 4 heterocycles. The number of rotatable bonds is 4. The molecule has 1 aliphatic rings. The highest BCUT2D eigenvalue weighted by Crippen LogP contribution is 2.32. The van der Waals surface area contributed by atoms with Gasteiger partial charge in [-0.15, -0.1) is 11.3 Å². The van der Waals surface area contributed by atoms with Gasteiger partial charge in [-0.25, -0.2) is 9.97 Å². The molecule has 4 rings (SSSR count). The number of carbonyl (C=O) groups excluding carboxylic acids is 1. The van der Waals surface area contributed by atoms with Gasteiger partial charge < -0.3 is 14.6 Å². The van der Waals surface area contributed by atoms with Gasteiger partial charge in [-0.2, -0.15) is 0 Å². The number of carbonyl (C=O) groups is 1. The van der Waals surface area contributed by atoms with E-state index in [-0.39, 0.29) is 11.8 Å². The fourth-order valence-electron chi connectivity index (χ4n) is 3.52. The maximum atomic E-state index is 12.6. The first-order valence-corrected chi connectivity index (χ1v) is 9.77. The molecule has 1 amide bonds. The van der Waals surface area contributed by atoms with Crippen molar-refractivity contribution in [3.63, 3.8) is 0 Å². The van der Waals surface area contributed by atoms with Crippen LogP contribution in [0.4, 0.5) is 5.82 Å². The monoisotopic (exact) mass is 370 g/mol. The van der Waals surface area contributed by atoms with Crippen molar-refractivity contribution >= 4 is 34.2 Å². The number of furan rings is 1. The van der Waals surface area contributed by atoms with Gasteiger partial charge in [-0.3, -0.25) is 4.79 Å². The number of aromatic nitrogens is 2. The van der Waals surface area contributed by atoms with E-state index in [9.17, 15) is 4.79 Å². The molecule has 0 aromatic carbocycles. The van der Waals surface area contributed by atoms with Crippen LogP contribution in [0.15, 0.2) is 28.3 Å². The number of nitrogens with one attached hydrogen (secondary N) is 1. The number of hydrogen-bond donors (Lipinski definition) is 1. The molecule has 7 heteroatoms. The first kappa shape index (κ1) is 17.0. The fraction of sp³-hybridized carbons (Fsp3) is 0.421. The summed E-state index contributed by atoms with van der Waals surface area (Å²) in [5.41, 5.74) is 1.69. The molecule has 1 N–H and O–H groups in total. The van der Waals surface area contributed by atoms with E-state index in [0.29, 0.717) is 18.8 Å². The van der Waals surface area contributed by atoms with E-state index in [2.05, 4.69) is 20.2 Å². The molecule has 0 spiro atoms. The number of aryl methyl sites for hydroxylation is 2. The van der Waals surface area contributed by atoms with Gasteiger partial charge in [0.1, 0.15) is 17.9 Å². The zero-order chi connectivity index (χ0) is 18.1. The largest absolute Gasteiger partial charge is 0.443 e. The molecule has 1 unspecified atom stereocenters. The summed E-state index contributed by atoms with van der Waals surface area (Å²) < 4.78 is 5.73. The number of amides is 1. The third-order valence-corrected chi connectivity index (χ3v) is 5.93. The van der Waals surface area contributed by atoms with Crippen molar-refractivity contribution in [3.05, 3.63) is 40.0 Å². The maximum Gasteiger partial charge on any atom is 0.231 e. The first-order chi connectivity index (χ1) is 12.6. The molecule has 1 aliphatic heterocycles. The summed E-state index contributed by atoms with van der Waals surface area (Å²) in [7, 11) is 0. The fourth-order valence-corrected chi connectivity index (χ4v) is 4.16. The van der Waals surface area contributed by atoms with Crippen LogP contribution >= 0.6 is 11.3 Å². The highest BCUT2D eigenvalue weighted by atomic mass is 32.1. The third-order valence-electron chi connectivity index (χ3n) is 5.05. The van der Waals surface area contributed by atoms with Gasteiger partial charge in [0.15, 0.2) is 0 Å². The minimum absolute atomic E-state index is 0.0259. The van der Waals surface area contributed by atoms with E-state index in [4.69, 9.17) is 4.42 Å². The number of thiophene rings is 1. The number of fused-ring (bicyclic) bond motifs is 1. The topological polar surface area (TPSA) is 71.3 Å². The summed E-state index contributed by atoms with van der Waals surface area (Å²) in [6.07, 6.45) is 3.42. The molecule has 6 nitrogen and oxygen atoms in total.